The number of aliphatic hydroxyl groups is 1. The van der Waals surface area contributed by atoms with Crippen LogP contribution < -0.4 is 4.74 Å². The fourth-order valence-electron chi connectivity index (χ4n) is 7.63. The van der Waals surface area contributed by atoms with E-state index < -0.39 is 5.54 Å². The Morgan fingerprint density at radius 3 is 2.56 bits per heavy atom. The molecule has 172 valence electrons. The van der Waals surface area contributed by atoms with Crippen molar-refractivity contribution in [2.45, 2.75) is 76.9 Å². The Morgan fingerprint density at radius 1 is 1.09 bits per heavy atom. The van der Waals surface area contributed by atoms with Gasteiger partial charge in [0.2, 0.25) is 5.91 Å². The first-order valence-electron chi connectivity index (χ1n) is 12.2. The van der Waals surface area contributed by atoms with Crippen LogP contribution in [0.4, 0.5) is 0 Å². The van der Waals surface area contributed by atoms with Crippen LogP contribution in [-0.4, -0.2) is 40.6 Å². The van der Waals surface area contributed by atoms with E-state index in [1.54, 1.807) is 36.3 Å². The molecule has 1 aliphatic heterocycles. The molecule has 0 unspecified atom stereocenters. The number of benzene rings is 1. The quantitative estimate of drug-likeness (QED) is 0.536. The summed E-state index contributed by atoms with van der Waals surface area (Å²) in [7, 11) is 1.60. The molecule has 5 heteroatoms. The third kappa shape index (κ3) is 3.15. The maximum Gasteiger partial charge on any atom is 0.260 e. The number of hydrogen-bond donors (Lipinski definition) is 1. The largest absolute Gasteiger partial charge is 0.497 e. The molecule has 4 aliphatic rings. The van der Waals surface area contributed by atoms with E-state index in [9.17, 15) is 14.7 Å². The summed E-state index contributed by atoms with van der Waals surface area (Å²) in [6.45, 7) is 4.55. The van der Waals surface area contributed by atoms with Crippen molar-refractivity contribution in [3.63, 3.8) is 0 Å². The summed E-state index contributed by atoms with van der Waals surface area (Å²) in [5.74, 6) is 1.86. The summed E-state index contributed by atoms with van der Waals surface area (Å²) in [6, 6.07) is 7.09. The smallest absolute Gasteiger partial charge is 0.260 e. The Hall–Kier alpha value is -2.14. The molecule has 32 heavy (non-hydrogen) atoms. The van der Waals surface area contributed by atoms with Gasteiger partial charge in [-0.1, -0.05) is 18.6 Å². The van der Waals surface area contributed by atoms with Crippen LogP contribution >= 0.6 is 0 Å². The number of fused-ring (bicyclic) bond motifs is 5. The van der Waals surface area contributed by atoms with Gasteiger partial charge in [0, 0.05) is 12.0 Å². The second kappa shape index (κ2) is 7.72. The number of aliphatic hydroxyl groups excluding tert-OH is 1. The minimum Gasteiger partial charge on any atom is -0.497 e. The van der Waals surface area contributed by atoms with Crippen LogP contribution in [-0.2, 0) is 4.79 Å². The lowest BCUT2D eigenvalue weighted by Gasteiger charge is -2.61. The highest BCUT2D eigenvalue weighted by Crippen LogP contribution is 2.61. The molecule has 0 spiro atoms. The van der Waals surface area contributed by atoms with Crippen LogP contribution in [0.3, 0.4) is 0 Å². The Kier molecular flexibility index (Phi) is 5.23. The molecule has 3 fully saturated rings. The molecule has 3 aliphatic carbocycles. The first kappa shape index (κ1) is 21.7. The Labute approximate surface area is 190 Å². The first-order valence-corrected chi connectivity index (χ1v) is 12.2. The van der Waals surface area contributed by atoms with E-state index in [-0.39, 0.29) is 23.3 Å². The maximum atomic E-state index is 13.6. The zero-order valence-corrected chi connectivity index (χ0v) is 19.5. The van der Waals surface area contributed by atoms with Crippen molar-refractivity contribution in [2.75, 3.05) is 7.11 Å². The molecule has 0 aromatic heterocycles. The second-order valence-corrected chi connectivity index (χ2v) is 10.9. The molecule has 2 saturated carbocycles. The Morgan fingerprint density at radius 2 is 1.84 bits per heavy atom. The number of carbonyl (C=O) groups is 2. The van der Waals surface area contributed by atoms with Crippen LogP contribution in [0, 0.1) is 23.2 Å². The molecular weight excluding hydrogens is 402 g/mol. The van der Waals surface area contributed by atoms with Crippen molar-refractivity contribution < 1.29 is 19.4 Å². The summed E-state index contributed by atoms with van der Waals surface area (Å²) >= 11 is 0. The summed E-state index contributed by atoms with van der Waals surface area (Å²) in [4.78, 5) is 28.3. The van der Waals surface area contributed by atoms with E-state index in [1.165, 1.54) is 5.57 Å². The summed E-state index contributed by atoms with van der Waals surface area (Å²) < 4.78 is 5.23. The molecule has 2 amide bonds. The van der Waals surface area contributed by atoms with E-state index >= 15 is 0 Å². The van der Waals surface area contributed by atoms with Gasteiger partial charge in [0.15, 0.2) is 0 Å². The molecule has 1 saturated heterocycles. The molecule has 1 heterocycles. The van der Waals surface area contributed by atoms with Gasteiger partial charge in [0.25, 0.3) is 5.91 Å². The van der Waals surface area contributed by atoms with Gasteiger partial charge in [-0.15, -0.1) is 0 Å². The number of likely N-dealkylation sites (tertiary alicyclic amines) is 1. The molecule has 6 atom stereocenters. The van der Waals surface area contributed by atoms with Crippen molar-refractivity contribution in [1.82, 2.24) is 4.90 Å². The van der Waals surface area contributed by atoms with Gasteiger partial charge in [-0.25, -0.2) is 0 Å². The van der Waals surface area contributed by atoms with E-state index in [0.29, 0.717) is 35.5 Å². The van der Waals surface area contributed by atoms with E-state index in [2.05, 4.69) is 19.9 Å². The lowest BCUT2D eigenvalue weighted by atomic mass is 9.48. The lowest BCUT2D eigenvalue weighted by Crippen LogP contribution is -2.65. The highest BCUT2D eigenvalue weighted by molar-refractivity contribution is 6.06. The summed E-state index contributed by atoms with van der Waals surface area (Å²) in [5, 5.41) is 10.2. The van der Waals surface area contributed by atoms with Crippen molar-refractivity contribution in [1.29, 1.82) is 0 Å². The average molecular weight is 438 g/mol. The number of allylic oxidation sites excluding steroid dienone is 1. The molecule has 1 N–H and O–H groups in total. The number of imide groups is 1. The molecule has 5 rings (SSSR count). The number of methoxy groups -OCH3 is 1. The zero-order chi connectivity index (χ0) is 22.7. The lowest BCUT2D eigenvalue weighted by molar-refractivity contribution is -0.150. The maximum absolute atomic E-state index is 13.6. The third-order valence-electron chi connectivity index (χ3n) is 9.40. The number of rotatable bonds is 2. The molecule has 1 aromatic carbocycles. The molecule has 1 aromatic rings. The van der Waals surface area contributed by atoms with Crippen LogP contribution in [0.25, 0.3) is 0 Å². The predicted molar refractivity (Wildman–Crippen MR) is 122 cm³/mol. The minimum absolute atomic E-state index is 0.0398. The molecular formula is C27H35NO4. The Balaban J connectivity index is 1.46. The van der Waals surface area contributed by atoms with Gasteiger partial charge < -0.3 is 9.84 Å². The number of amides is 2. The number of hydrogen-bond acceptors (Lipinski definition) is 4. The zero-order valence-electron chi connectivity index (χ0n) is 19.5. The molecule has 0 radical (unpaired) electrons. The van der Waals surface area contributed by atoms with Gasteiger partial charge >= 0.3 is 0 Å². The van der Waals surface area contributed by atoms with Crippen molar-refractivity contribution in [3.05, 3.63) is 41.5 Å². The van der Waals surface area contributed by atoms with Crippen LogP contribution in [0.1, 0.15) is 75.6 Å². The van der Waals surface area contributed by atoms with Gasteiger partial charge in [-0.2, -0.15) is 0 Å². The molecule has 0 bridgehead atoms. The molecule has 5 nitrogen and oxygen atoms in total. The second-order valence-electron chi connectivity index (χ2n) is 10.9. The van der Waals surface area contributed by atoms with Crippen LogP contribution in [0.5, 0.6) is 5.75 Å². The first-order chi connectivity index (χ1) is 15.3. The minimum atomic E-state index is -0.441. The van der Waals surface area contributed by atoms with Gasteiger partial charge in [0.05, 0.1) is 18.8 Å². The fourth-order valence-corrected chi connectivity index (χ4v) is 7.63. The summed E-state index contributed by atoms with van der Waals surface area (Å²) in [5.41, 5.74) is 1.69. The number of carbonyl (C=O) groups excluding carboxylic acids is 2. The third-order valence-corrected chi connectivity index (χ3v) is 9.40. The van der Waals surface area contributed by atoms with Crippen molar-refractivity contribution in [2.24, 2.45) is 23.2 Å². The summed E-state index contributed by atoms with van der Waals surface area (Å²) in [6.07, 6.45) is 9.11. The fraction of sp³-hybridized carbons (Fsp3) is 0.630. The average Bonchev–Trinajstić information content (AvgIpc) is 2.78. The van der Waals surface area contributed by atoms with Gasteiger partial charge in [0.1, 0.15) is 5.75 Å². The van der Waals surface area contributed by atoms with E-state index in [1.807, 2.05) is 0 Å². The van der Waals surface area contributed by atoms with Crippen molar-refractivity contribution >= 4 is 11.8 Å². The van der Waals surface area contributed by atoms with E-state index in [4.69, 9.17) is 4.74 Å². The number of nitrogens with zero attached hydrogens (tertiary/aromatic N) is 1. The van der Waals surface area contributed by atoms with Crippen molar-refractivity contribution in [3.8, 4) is 5.75 Å². The normalized spacial score (nSPS) is 38.8. The standard InChI is InChI=1S/C27H35NO4/c1-26-14-12-19(29)16-18(26)6-9-21-22(26)13-15-27(2)23(21)10-11-24(30)28(27)25(31)17-4-7-20(32-3)8-5-17/h4-8,19,21-23,29H,9-16H2,1-3H3/t19-,21+,22-,23-,26-,27-/m0/s1. The highest BCUT2D eigenvalue weighted by atomic mass is 16.5. The van der Waals surface area contributed by atoms with Crippen LogP contribution in [0.15, 0.2) is 35.9 Å². The Bertz CT molecular complexity index is 953. The SMILES string of the molecule is COc1ccc(C(=O)N2C(=O)CC[C@H]3[C@@H]4CC=C5C[C@@H](O)CC[C@]5(C)[C@H]4CC[C@@]32C)cc1. The predicted octanol–water partition coefficient (Wildman–Crippen LogP) is 4.74. The van der Waals surface area contributed by atoms with Gasteiger partial charge in [-0.05, 0) is 99.3 Å². The highest BCUT2D eigenvalue weighted by Gasteiger charge is 2.59. The van der Waals surface area contributed by atoms with Gasteiger partial charge in [-0.3, -0.25) is 14.5 Å². The monoisotopic (exact) mass is 437 g/mol. The van der Waals surface area contributed by atoms with E-state index in [0.717, 1.165) is 44.9 Å². The topological polar surface area (TPSA) is 66.8 Å². The van der Waals surface area contributed by atoms with Crippen LogP contribution in [0.2, 0.25) is 0 Å². The number of ether oxygens (including phenoxy) is 1. The number of piperidine rings is 1.